The number of Topliss-reactive ketones (excluding diaryl/α,β-unsaturated/α-hetero) is 1. The maximum absolute atomic E-state index is 11.9. The van der Waals surface area contributed by atoms with Gasteiger partial charge in [-0.2, -0.15) is 0 Å². The zero-order valence-corrected chi connectivity index (χ0v) is 9.36. The maximum Gasteiger partial charge on any atom is 0.166 e. The summed E-state index contributed by atoms with van der Waals surface area (Å²) in [5, 5.41) is 2.85. The van der Waals surface area contributed by atoms with E-state index in [0.717, 1.165) is 0 Å². The topological polar surface area (TPSA) is 81.1 Å². The number of rotatable bonds is 5. The van der Waals surface area contributed by atoms with Gasteiger partial charge < -0.3 is 16.8 Å². The molecule has 1 rings (SSSR count). The Balaban J connectivity index is 2.94. The lowest BCUT2D eigenvalue weighted by Crippen LogP contribution is -2.20. The van der Waals surface area contributed by atoms with Gasteiger partial charge in [0, 0.05) is 18.0 Å². The first-order chi connectivity index (χ1) is 7.50. The molecule has 0 aliphatic rings. The second kappa shape index (κ2) is 5.32. The third-order valence-corrected chi connectivity index (χ3v) is 2.03. The van der Waals surface area contributed by atoms with Gasteiger partial charge >= 0.3 is 0 Å². The van der Waals surface area contributed by atoms with Crippen LogP contribution >= 0.6 is 0 Å². The first-order valence-corrected chi connectivity index (χ1v) is 5.10. The first kappa shape index (κ1) is 12.3. The highest BCUT2D eigenvalue weighted by atomic mass is 16.1. The van der Waals surface area contributed by atoms with Crippen LogP contribution in [0.2, 0.25) is 0 Å². The molecule has 5 N–H and O–H groups in total. The van der Waals surface area contributed by atoms with E-state index in [1.165, 1.54) is 0 Å². The molecule has 0 spiro atoms. The van der Waals surface area contributed by atoms with Crippen molar-refractivity contribution < 1.29 is 4.79 Å². The molecule has 4 nitrogen and oxygen atoms in total. The third kappa shape index (κ3) is 3.40. The van der Waals surface area contributed by atoms with Crippen LogP contribution in [0.3, 0.4) is 0 Å². The van der Waals surface area contributed by atoms with Crippen molar-refractivity contribution in [3.05, 3.63) is 42.2 Å². The summed E-state index contributed by atoms with van der Waals surface area (Å²) in [4.78, 5) is 11.9. The van der Waals surface area contributed by atoms with Gasteiger partial charge in [-0.1, -0.05) is 18.7 Å². The minimum Gasteiger partial charge on any atom is -0.386 e. The van der Waals surface area contributed by atoms with Crippen LogP contribution in [0, 0.1) is 0 Å². The molecule has 0 aliphatic carbocycles. The van der Waals surface area contributed by atoms with Crippen LogP contribution < -0.4 is 16.8 Å². The van der Waals surface area contributed by atoms with Crippen LogP contribution in [0.25, 0.3) is 0 Å². The molecule has 0 heterocycles. The monoisotopic (exact) mass is 219 g/mol. The first-order valence-electron chi connectivity index (χ1n) is 5.10. The minimum atomic E-state index is -0.151. The summed E-state index contributed by atoms with van der Waals surface area (Å²) in [5.41, 5.74) is 12.3. The van der Waals surface area contributed by atoms with E-state index < -0.39 is 0 Å². The smallest absolute Gasteiger partial charge is 0.166 e. The van der Waals surface area contributed by atoms with E-state index in [0.29, 0.717) is 23.5 Å². The van der Waals surface area contributed by atoms with E-state index in [4.69, 9.17) is 11.5 Å². The fraction of sp³-hybridized carbons (Fsp3) is 0.250. The minimum absolute atomic E-state index is 0.000602. The number of para-hydroxylation sites is 1. The van der Waals surface area contributed by atoms with Gasteiger partial charge in [-0.05, 0) is 19.1 Å². The largest absolute Gasteiger partial charge is 0.386 e. The molecular formula is C12H17N3O. The Bertz CT molecular complexity index is 399. The average Bonchev–Trinajstić information content (AvgIpc) is 2.16. The standard InChI is InChI=1S/C12H17N3O/c1-8(13)7-12(16)10-5-3-4-6-11(10)15-9(2)14/h3-6,8,15H,2,7,13-14H2,1H3. The summed E-state index contributed by atoms with van der Waals surface area (Å²) in [6.45, 7) is 5.34. The lowest BCUT2D eigenvalue weighted by atomic mass is 10.0. The Kier molecular flexibility index (Phi) is 4.08. The Morgan fingerprint density at radius 1 is 1.50 bits per heavy atom. The number of nitrogens with two attached hydrogens (primary N) is 2. The van der Waals surface area contributed by atoms with E-state index in [1.54, 1.807) is 25.1 Å². The molecule has 0 radical (unpaired) electrons. The molecule has 0 saturated carbocycles. The molecule has 0 fully saturated rings. The summed E-state index contributed by atoms with van der Waals surface area (Å²) >= 11 is 0. The van der Waals surface area contributed by atoms with Crippen LogP contribution in [0.15, 0.2) is 36.7 Å². The Hall–Kier alpha value is -1.81. The van der Waals surface area contributed by atoms with Gasteiger partial charge in [0.25, 0.3) is 0 Å². The van der Waals surface area contributed by atoms with Crippen molar-refractivity contribution >= 4 is 11.5 Å². The number of carbonyl (C=O) groups excluding carboxylic acids is 1. The average molecular weight is 219 g/mol. The summed E-state index contributed by atoms with van der Waals surface area (Å²) in [5.74, 6) is 0.306. The van der Waals surface area contributed by atoms with E-state index >= 15 is 0 Å². The van der Waals surface area contributed by atoms with Crippen molar-refractivity contribution in [2.45, 2.75) is 19.4 Å². The number of carbonyl (C=O) groups is 1. The molecule has 1 atom stereocenters. The van der Waals surface area contributed by atoms with Crippen LogP contribution in [0.1, 0.15) is 23.7 Å². The molecule has 4 heteroatoms. The second-order valence-corrected chi connectivity index (χ2v) is 3.80. The fourth-order valence-corrected chi connectivity index (χ4v) is 1.41. The second-order valence-electron chi connectivity index (χ2n) is 3.80. The van der Waals surface area contributed by atoms with Crippen LogP contribution in [-0.2, 0) is 0 Å². The van der Waals surface area contributed by atoms with Gasteiger partial charge in [0.15, 0.2) is 5.78 Å². The summed E-state index contributed by atoms with van der Waals surface area (Å²) < 4.78 is 0. The van der Waals surface area contributed by atoms with Crippen molar-refractivity contribution in [1.29, 1.82) is 0 Å². The van der Waals surface area contributed by atoms with E-state index in [2.05, 4.69) is 11.9 Å². The highest BCUT2D eigenvalue weighted by molar-refractivity contribution is 6.01. The lowest BCUT2D eigenvalue weighted by Gasteiger charge is -2.11. The number of benzene rings is 1. The third-order valence-electron chi connectivity index (χ3n) is 2.03. The quantitative estimate of drug-likeness (QED) is 0.655. The Morgan fingerprint density at radius 2 is 2.12 bits per heavy atom. The molecule has 16 heavy (non-hydrogen) atoms. The van der Waals surface area contributed by atoms with Gasteiger partial charge in [-0.25, -0.2) is 0 Å². The zero-order valence-electron chi connectivity index (χ0n) is 9.36. The van der Waals surface area contributed by atoms with Crippen molar-refractivity contribution in [1.82, 2.24) is 0 Å². The van der Waals surface area contributed by atoms with Crippen LogP contribution in [-0.4, -0.2) is 11.8 Å². The predicted molar refractivity (Wildman–Crippen MR) is 66.0 cm³/mol. The van der Waals surface area contributed by atoms with Gasteiger partial charge in [0.1, 0.15) is 0 Å². The summed E-state index contributed by atoms with van der Waals surface area (Å²) in [6.07, 6.45) is 0.315. The number of hydrogen-bond acceptors (Lipinski definition) is 4. The van der Waals surface area contributed by atoms with Crippen LogP contribution in [0.4, 0.5) is 5.69 Å². The van der Waals surface area contributed by atoms with Gasteiger partial charge in [0.05, 0.1) is 11.5 Å². The molecule has 0 aliphatic heterocycles. The molecular weight excluding hydrogens is 202 g/mol. The van der Waals surface area contributed by atoms with Crippen molar-refractivity contribution in [3.63, 3.8) is 0 Å². The molecule has 0 saturated heterocycles. The van der Waals surface area contributed by atoms with Gasteiger partial charge in [-0.15, -0.1) is 0 Å². The molecule has 0 bridgehead atoms. The number of hydrogen-bond donors (Lipinski definition) is 3. The molecule has 1 aromatic carbocycles. The Labute approximate surface area is 95.3 Å². The zero-order chi connectivity index (χ0) is 12.1. The number of anilines is 1. The highest BCUT2D eigenvalue weighted by Gasteiger charge is 2.12. The van der Waals surface area contributed by atoms with Crippen LogP contribution in [0.5, 0.6) is 0 Å². The summed E-state index contributed by atoms with van der Waals surface area (Å²) in [7, 11) is 0. The molecule has 1 unspecified atom stereocenters. The summed E-state index contributed by atoms with van der Waals surface area (Å²) in [6, 6.07) is 7.01. The predicted octanol–water partition coefficient (Wildman–Crippen LogP) is 1.45. The normalized spacial score (nSPS) is 11.9. The van der Waals surface area contributed by atoms with E-state index in [-0.39, 0.29) is 11.8 Å². The van der Waals surface area contributed by atoms with Gasteiger partial charge in [-0.3, -0.25) is 4.79 Å². The highest BCUT2D eigenvalue weighted by Crippen LogP contribution is 2.18. The van der Waals surface area contributed by atoms with Crippen molar-refractivity contribution in [2.75, 3.05) is 5.32 Å². The van der Waals surface area contributed by atoms with Crippen molar-refractivity contribution in [3.8, 4) is 0 Å². The van der Waals surface area contributed by atoms with E-state index in [1.807, 2.05) is 6.07 Å². The molecule has 86 valence electrons. The Morgan fingerprint density at radius 3 is 2.69 bits per heavy atom. The maximum atomic E-state index is 11.9. The molecule has 0 amide bonds. The van der Waals surface area contributed by atoms with Crippen molar-refractivity contribution in [2.24, 2.45) is 11.5 Å². The fourth-order valence-electron chi connectivity index (χ4n) is 1.41. The van der Waals surface area contributed by atoms with Gasteiger partial charge in [0.2, 0.25) is 0 Å². The number of ketones is 1. The lowest BCUT2D eigenvalue weighted by molar-refractivity contribution is 0.0977. The molecule has 0 aromatic heterocycles. The molecule has 1 aromatic rings. The SMILES string of the molecule is C=C(N)Nc1ccccc1C(=O)CC(C)N. The van der Waals surface area contributed by atoms with E-state index in [9.17, 15) is 4.79 Å². The number of nitrogens with one attached hydrogen (secondary N) is 1.